The van der Waals surface area contributed by atoms with Crippen LogP contribution < -0.4 is 5.63 Å². The van der Waals surface area contributed by atoms with E-state index < -0.39 is 11.6 Å². The highest BCUT2D eigenvalue weighted by atomic mass is 16.5. The van der Waals surface area contributed by atoms with E-state index in [0.717, 1.165) is 0 Å². The van der Waals surface area contributed by atoms with E-state index in [9.17, 15) is 14.7 Å². The van der Waals surface area contributed by atoms with Gasteiger partial charge in [0.25, 0.3) is 0 Å². The van der Waals surface area contributed by atoms with Crippen molar-refractivity contribution in [2.75, 3.05) is 13.2 Å². The Labute approximate surface area is 101 Å². The van der Waals surface area contributed by atoms with E-state index in [0.29, 0.717) is 5.39 Å². The first-order valence-electron chi connectivity index (χ1n) is 5.17. The molecule has 1 aromatic carbocycles. The van der Waals surface area contributed by atoms with Crippen LogP contribution in [0.2, 0.25) is 0 Å². The number of aromatic hydroxyl groups is 1. The Hall–Kier alpha value is -2.34. The number of rotatable bonds is 3. The molecule has 2 aromatic rings. The molecule has 0 fully saturated rings. The maximum atomic E-state index is 11.5. The van der Waals surface area contributed by atoms with Crippen molar-refractivity contribution in [3.8, 4) is 5.75 Å². The van der Waals surface area contributed by atoms with Gasteiger partial charge < -0.3 is 19.4 Å². The van der Waals surface area contributed by atoms with Gasteiger partial charge in [0, 0.05) is 5.39 Å². The third-order valence-electron chi connectivity index (χ3n) is 2.28. The first kappa shape index (κ1) is 12.1. The number of hydrogen-bond acceptors (Lipinski definition) is 6. The fourth-order valence-electron chi connectivity index (χ4n) is 1.49. The first-order valence-corrected chi connectivity index (χ1v) is 5.17. The number of aliphatic hydroxyl groups is 1. The molecule has 1 heterocycles. The van der Waals surface area contributed by atoms with E-state index in [1.807, 2.05) is 0 Å². The summed E-state index contributed by atoms with van der Waals surface area (Å²) in [5.74, 6) is -1.05. The van der Waals surface area contributed by atoms with Gasteiger partial charge in [-0.25, -0.2) is 9.59 Å². The number of carbonyl (C=O) groups excluding carboxylic acids is 1. The van der Waals surface area contributed by atoms with E-state index in [1.54, 1.807) is 12.1 Å². The number of aliphatic hydroxyl groups excluding tert-OH is 1. The second-order valence-corrected chi connectivity index (χ2v) is 3.50. The summed E-state index contributed by atoms with van der Waals surface area (Å²) >= 11 is 0. The Balaban J connectivity index is 2.50. The molecule has 0 atom stereocenters. The molecular weight excluding hydrogens is 240 g/mol. The normalized spacial score (nSPS) is 10.5. The second kappa shape index (κ2) is 4.89. The summed E-state index contributed by atoms with van der Waals surface area (Å²) in [6.45, 7) is -0.526. The van der Waals surface area contributed by atoms with Crippen LogP contribution in [0.4, 0.5) is 0 Å². The average molecular weight is 250 g/mol. The zero-order valence-electron chi connectivity index (χ0n) is 9.25. The lowest BCUT2D eigenvalue weighted by molar-refractivity contribution is 0.0429. The Morgan fingerprint density at radius 3 is 2.89 bits per heavy atom. The van der Waals surface area contributed by atoms with Crippen LogP contribution in [-0.4, -0.2) is 29.4 Å². The molecule has 0 saturated carbocycles. The molecule has 2 N–H and O–H groups in total. The molecule has 6 heteroatoms. The minimum Gasteiger partial charge on any atom is -0.504 e. The van der Waals surface area contributed by atoms with Crippen LogP contribution in [0.15, 0.2) is 33.5 Å². The minimum absolute atomic E-state index is 0.0150. The monoisotopic (exact) mass is 250 g/mol. The fourth-order valence-corrected chi connectivity index (χ4v) is 1.49. The van der Waals surface area contributed by atoms with Crippen molar-refractivity contribution in [2.45, 2.75) is 0 Å². The summed E-state index contributed by atoms with van der Waals surface area (Å²) in [7, 11) is 0. The van der Waals surface area contributed by atoms with E-state index >= 15 is 0 Å². The zero-order valence-corrected chi connectivity index (χ0v) is 9.25. The third-order valence-corrected chi connectivity index (χ3v) is 2.28. The standard InChI is InChI=1S/C12H10O6/c13-4-5-17-11(15)8-6-7-2-1-3-9(14)10(7)18-12(8)16/h1-3,6,13-14H,4-5H2. The Morgan fingerprint density at radius 1 is 1.39 bits per heavy atom. The molecule has 0 aliphatic rings. The molecule has 94 valence electrons. The summed E-state index contributed by atoms with van der Waals surface area (Å²) in [6, 6.07) is 5.79. The van der Waals surface area contributed by atoms with Crippen molar-refractivity contribution in [1.82, 2.24) is 0 Å². The van der Waals surface area contributed by atoms with Gasteiger partial charge in [-0.3, -0.25) is 0 Å². The molecule has 6 nitrogen and oxygen atoms in total. The summed E-state index contributed by atoms with van der Waals surface area (Å²) in [4.78, 5) is 23.0. The smallest absolute Gasteiger partial charge is 0.351 e. The molecular formula is C12H10O6. The molecule has 0 aliphatic heterocycles. The number of hydrogen-bond donors (Lipinski definition) is 2. The van der Waals surface area contributed by atoms with Crippen LogP contribution >= 0.6 is 0 Å². The Kier molecular flexibility index (Phi) is 3.29. The van der Waals surface area contributed by atoms with Crippen LogP contribution in [-0.2, 0) is 4.74 Å². The summed E-state index contributed by atoms with van der Waals surface area (Å²) in [6.07, 6.45) is 0. The predicted molar refractivity (Wildman–Crippen MR) is 61.5 cm³/mol. The fraction of sp³-hybridized carbons (Fsp3) is 0.167. The zero-order chi connectivity index (χ0) is 13.1. The molecule has 0 aliphatic carbocycles. The third kappa shape index (κ3) is 2.18. The number of esters is 1. The lowest BCUT2D eigenvalue weighted by Crippen LogP contribution is -2.17. The summed E-state index contributed by atoms with van der Waals surface area (Å²) in [5.41, 5.74) is -1.16. The predicted octanol–water partition coefficient (Wildman–Crippen LogP) is 0.648. The van der Waals surface area contributed by atoms with Crippen LogP contribution in [0.3, 0.4) is 0 Å². The van der Waals surface area contributed by atoms with Gasteiger partial charge in [0.05, 0.1) is 6.61 Å². The van der Waals surface area contributed by atoms with Crippen molar-refractivity contribution in [2.24, 2.45) is 0 Å². The molecule has 2 rings (SSSR count). The molecule has 0 amide bonds. The number of phenols is 1. The van der Waals surface area contributed by atoms with E-state index in [-0.39, 0.29) is 30.1 Å². The molecule has 1 aromatic heterocycles. The van der Waals surface area contributed by atoms with Crippen LogP contribution in [0.5, 0.6) is 5.75 Å². The highest BCUT2D eigenvalue weighted by Gasteiger charge is 2.16. The van der Waals surface area contributed by atoms with Gasteiger partial charge in [0.2, 0.25) is 0 Å². The maximum absolute atomic E-state index is 11.5. The number of ether oxygens (including phenoxy) is 1. The Bertz CT molecular complexity index is 643. The quantitative estimate of drug-likeness (QED) is 0.613. The van der Waals surface area contributed by atoms with Crippen molar-refractivity contribution < 1.29 is 24.2 Å². The lowest BCUT2D eigenvalue weighted by atomic mass is 10.2. The minimum atomic E-state index is -0.896. The largest absolute Gasteiger partial charge is 0.504 e. The summed E-state index contributed by atoms with van der Waals surface area (Å²) < 4.78 is 9.48. The van der Waals surface area contributed by atoms with Gasteiger partial charge >= 0.3 is 11.6 Å². The summed E-state index contributed by atoms with van der Waals surface area (Å²) in [5, 5.41) is 18.4. The number of benzene rings is 1. The molecule has 0 unspecified atom stereocenters. The first-order chi connectivity index (χ1) is 8.63. The van der Waals surface area contributed by atoms with Crippen molar-refractivity contribution in [3.63, 3.8) is 0 Å². The van der Waals surface area contributed by atoms with Crippen molar-refractivity contribution in [1.29, 1.82) is 0 Å². The SMILES string of the molecule is O=C(OCCO)c1cc2cccc(O)c2oc1=O. The maximum Gasteiger partial charge on any atom is 0.351 e. The molecule has 0 radical (unpaired) electrons. The van der Waals surface area contributed by atoms with Crippen LogP contribution in [0.1, 0.15) is 10.4 Å². The van der Waals surface area contributed by atoms with Crippen molar-refractivity contribution >= 4 is 16.9 Å². The molecule has 0 saturated heterocycles. The van der Waals surface area contributed by atoms with E-state index in [4.69, 9.17) is 9.52 Å². The van der Waals surface area contributed by atoms with Gasteiger partial charge in [0.15, 0.2) is 11.3 Å². The number of carbonyl (C=O) groups is 1. The van der Waals surface area contributed by atoms with Crippen LogP contribution in [0, 0.1) is 0 Å². The van der Waals surface area contributed by atoms with Crippen LogP contribution in [0.25, 0.3) is 11.0 Å². The van der Waals surface area contributed by atoms with Crippen molar-refractivity contribution in [3.05, 3.63) is 40.2 Å². The van der Waals surface area contributed by atoms with E-state index in [2.05, 4.69) is 4.74 Å². The molecule has 18 heavy (non-hydrogen) atoms. The topological polar surface area (TPSA) is 97.0 Å². The number of para-hydroxylation sites is 1. The average Bonchev–Trinajstić information content (AvgIpc) is 2.36. The van der Waals surface area contributed by atoms with Gasteiger partial charge in [-0.05, 0) is 12.1 Å². The van der Waals surface area contributed by atoms with Gasteiger partial charge in [0.1, 0.15) is 12.2 Å². The van der Waals surface area contributed by atoms with E-state index in [1.165, 1.54) is 12.1 Å². The highest BCUT2D eigenvalue weighted by molar-refractivity contribution is 5.93. The van der Waals surface area contributed by atoms with Gasteiger partial charge in [-0.2, -0.15) is 0 Å². The number of fused-ring (bicyclic) bond motifs is 1. The van der Waals surface area contributed by atoms with Gasteiger partial charge in [-0.15, -0.1) is 0 Å². The Morgan fingerprint density at radius 2 is 2.17 bits per heavy atom. The lowest BCUT2D eigenvalue weighted by Gasteiger charge is -2.03. The second-order valence-electron chi connectivity index (χ2n) is 3.50. The van der Waals surface area contributed by atoms with Gasteiger partial charge in [-0.1, -0.05) is 12.1 Å². The molecule has 0 bridgehead atoms. The molecule has 0 spiro atoms. The highest BCUT2D eigenvalue weighted by Crippen LogP contribution is 2.23. The number of phenolic OH excluding ortho intramolecular Hbond substituents is 1.